The van der Waals surface area contributed by atoms with E-state index in [-0.39, 0.29) is 5.82 Å². The zero-order chi connectivity index (χ0) is 16.7. The summed E-state index contributed by atoms with van der Waals surface area (Å²) >= 11 is 0. The quantitative estimate of drug-likeness (QED) is 0.797. The second-order valence-electron chi connectivity index (χ2n) is 6.66. The van der Waals surface area contributed by atoms with E-state index in [1.807, 2.05) is 13.0 Å². The smallest absolute Gasteiger partial charge is 0.223 e. The van der Waals surface area contributed by atoms with Crippen LogP contribution in [0, 0.1) is 19.7 Å². The van der Waals surface area contributed by atoms with Gasteiger partial charge in [-0.25, -0.2) is 4.39 Å². The number of rotatable bonds is 3. The fraction of sp³-hybridized carbons (Fsp3) is 0.444. The molecule has 1 aromatic carbocycles. The first-order chi connectivity index (χ1) is 11.6. The lowest BCUT2D eigenvalue weighted by molar-refractivity contribution is 0.193. The minimum Gasteiger partial charge on any atom is -0.357 e. The van der Waals surface area contributed by atoms with Crippen molar-refractivity contribution in [3.63, 3.8) is 0 Å². The van der Waals surface area contributed by atoms with E-state index in [9.17, 15) is 4.39 Å². The average molecular weight is 328 g/mol. The number of hydrogen-bond donors (Lipinski definition) is 1. The third-order valence-electron chi connectivity index (χ3n) is 4.92. The molecule has 1 saturated heterocycles. The van der Waals surface area contributed by atoms with Crippen LogP contribution in [0.3, 0.4) is 0 Å². The highest BCUT2D eigenvalue weighted by Gasteiger charge is 2.25. The van der Waals surface area contributed by atoms with E-state index in [0.29, 0.717) is 11.8 Å². The summed E-state index contributed by atoms with van der Waals surface area (Å²) in [5, 5.41) is 5.05. The molecule has 0 unspecified atom stereocenters. The Balaban J connectivity index is 1.53. The Morgan fingerprint density at radius 2 is 2.25 bits per heavy atom. The minimum atomic E-state index is -0.193. The van der Waals surface area contributed by atoms with Crippen LogP contribution in [0.4, 0.5) is 4.39 Å². The van der Waals surface area contributed by atoms with Gasteiger partial charge in [-0.15, -0.1) is 0 Å². The van der Waals surface area contributed by atoms with Gasteiger partial charge in [0.15, 0.2) is 5.82 Å². The molecule has 126 valence electrons. The van der Waals surface area contributed by atoms with E-state index in [2.05, 4.69) is 26.9 Å². The number of aromatic nitrogens is 3. The standard InChI is InChI=1S/C18H21FN4O/c1-11-15-8-14(19)5-6-16(15)21-17(11)10-23-7-3-4-13(9-23)18-20-12(2)24-22-18/h5-6,8,13,21H,3-4,7,9-10H2,1-2H3/t13-/m0/s1. The third-order valence-corrected chi connectivity index (χ3v) is 4.92. The summed E-state index contributed by atoms with van der Waals surface area (Å²) in [6.07, 6.45) is 2.21. The molecule has 1 aliphatic rings. The van der Waals surface area contributed by atoms with Crippen LogP contribution in [-0.4, -0.2) is 33.1 Å². The molecule has 24 heavy (non-hydrogen) atoms. The summed E-state index contributed by atoms with van der Waals surface area (Å²) in [6.45, 7) is 6.68. The second-order valence-corrected chi connectivity index (χ2v) is 6.66. The summed E-state index contributed by atoms with van der Waals surface area (Å²) in [5.41, 5.74) is 3.27. The van der Waals surface area contributed by atoms with Crippen LogP contribution in [0.1, 0.15) is 41.7 Å². The zero-order valence-electron chi connectivity index (χ0n) is 14.0. The number of piperidine rings is 1. The Morgan fingerprint density at radius 1 is 1.38 bits per heavy atom. The first kappa shape index (κ1) is 15.3. The maximum Gasteiger partial charge on any atom is 0.223 e. The third kappa shape index (κ3) is 2.82. The number of hydrogen-bond acceptors (Lipinski definition) is 4. The van der Waals surface area contributed by atoms with Crippen LogP contribution in [0.2, 0.25) is 0 Å². The van der Waals surface area contributed by atoms with Crippen LogP contribution >= 0.6 is 0 Å². The Labute approximate surface area is 139 Å². The zero-order valence-corrected chi connectivity index (χ0v) is 14.0. The molecule has 1 atom stereocenters. The van der Waals surface area contributed by atoms with Crippen molar-refractivity contribution >= 4 is 10.9 Å². The molecular weight excluding hydrogens is 307 g/mol. The lowest BCUT2D eigenvalue weighted by Crippen LogP contribution is -2.34. The number of aromatic amines is 1. The molecule has 0 radical (unpaired) electrons. The van der Waals surface area contributed by atoms with Crippen molar-refractivity contribution in [3.05, 3.63) is 47.0 Å². The predicted octanol–water partition coefficient (Wildman–Crippen LogP) is 3.69. The first-order valence-electron chi connectivity index (χ1n) is 8.39. The van der Waals surface area contributed by atoms with Gasteiger partial charge in [-0.3, -0.25) is 4.90 Å². The molecule has 3 aromatic rings. The summed E-state index contributed by atoms with van der Waals surface area (Å²) in [4.78, 5) is 10.2. The molecule has 0 aliphatic carbocycles. The molecule has 0 amide bonds. The number of likely N-dealkylation sites (tertiary alicyclic amines) is 1. The predicted molar refractivity (Wildman–Crippen MR) is 89.3 cm³/mol. The number of nitrogens with one attached hydrogen (secondary N) is 1. The highest BCUT2D eigenvalue weighted by atomic mass is 19.1. The number of H-pyrrole nitrogens is 1. The van der Waals surface area contributed by atoms with E-state index < -0.39 is 0 Å². The minimum absolute atomic E-state index is 0.193. The van der Waals surface area contributed by atoms with Crippen molar-refractivity contribution < 1.29 is 8.91 Å². The van der Waals surface area contributed by atoms with Crippen molar-refractivity contribution in [1.29, 1.82) is 0 Å². The largest absolute Gasteiger partial charge is 0.357 e. The molecule has 1 aliphatic heterocycles. The fourth-order valence-electron chi connectivity index (χ4n) is 3.63. The lowest BCUT2D eigenvalue weighted by Gasteiger charge is -2.31. The molecule has 2 aromatic heterocycles. The maximum atomic E-state index is 13.5. The fourth-order valence-corrected chi connectivity index (χ4v) is 3.63. The van der Waals surface area contributed by atoms with Crippen molar-refractivity contribution in [2.24, 2.45) is 0 Å². The normalized spacial score (nSPS) is 19.2. The number of aryl methyl sites for hydroxylation is 2. The van der Waals surface area contributed by atoms with E-state index in [4.69, 9.17) is 4.52 Å². The topological polar surface area (TPSA) is 58.0 Å². The molecular formula is C18H21FN4O. The van der Waals surface area contributed by atoms with Gasteiger partial charge in [0, 0.05) is 42.5 Å². The molecule has 0 spiro atoms. The van der Waals surface area contributed by atoms with Crippen LogP contribution in [0.5, 0.6) is 0 Å². The van der Waals surface area contributed by atoms with Gasteiger partial charge in [0.2, 0.25) is 5.89 Å². The van der Waals surface area contributed by atoms with Gasteiger partial charge < -0.3 is 9.51 Å². The number of benzene rings is 1. The van der Waals surface area contributed by atoms with Gasteiger partial charge >= 0.3 is 0 Å². The van der Waals surface area contributed by atoms with Crippen molar-refractivity contribution in [2.45, 2.75) is 39.2 Å². The van der Waals surface area contributed by atoms with Crippen molar-refractivity contribution in [1.82, 2.24) is 20.0 Å². The number of nitrogens with zero attached hydrogens (tertiary/aromatic N) is 3. The SMILES string of the molecule is Cc1nc([C@H]2CCCN(Cc3[nH]c4ccc(F)cc4c3C)C2)no1. The van der Waals surface area contributed by atoms with Crippen LogP contribution in [0.25, 0.3) is 10.9 Å². The Hall–Kier alpha value is -2.21. The summed E-state index contributed by atoms with van der Waals surface area (Å²) in [6, 6.07) is 4.91. The van der Waals surface area contributed by atoms with E-state index in [1.165, 1.54) is 6.07 Å². The van der Waals surface area contributed by atoms with E-state index >= 15 is 0 Å². The van der Waals surface area contributed by atoms with Gasteiger partial charge in [-0.2, -0.15) is 4.98 Å². The average Bonchev–Trinajstić information content (AvgIpc) is 3.13. The highest BCUT2D eigenvalue weighted by molar-refractivity contribution is 5.84. The van der Waals surface area contributed by atoms with E-state index in [0.717, 1.165) is 60.5 Å². The van der Waals surface area contributed by atoms with Crippen LogP contribution in [0.15, 0.2) is 22.7 Å². The Morgan fingerprint density at radius 3 is 3.04 bits per heavy atom. The summed E-state index contributed by atoms with van der Waals surface area (Å²) in [5.74, 6) is 1.56. The monoisotopic (exact) mass is 328 g/mol. The molecule has 5 nitrogen and oxygen atoms in total. The van der Waals surface area contributed by atoms with Crippen molar-refractivity contribution in [2.75, 3.05) is 13.1 Å². The van der Waals surface area contributed by atoms with Gasteiger partial charge in [0.25, 0.3) is 0 Å². The molecule has 3 heterocycles. The van der Waals surface area contributed by atoms with Crippen LogP contribution in [-0.2, 0) is 6.54 Å². The Bertz CT molecular complexity index is 869. The molecule has 1 fully saturated rings. The van der Waals surface area contributed by atoms with Crippen molar-refractivity contribution in [3.8, 4) is 0 Å². The Kier molecular flexibility index (Phi) is 3.84. The van der Waals surface area contributed by atoms with E-state index in [1.54, 1.807) is 6.07 Å². The second kappa shape index (κ2) is 6.02. The van der Waals surface area contributed by atoms with Gasteiger partial charge in [-0.1, -0.05) is 5.16 Å². The molecule has 0 bridgehead atoms. The molecule has 0 saturated carbocycles. The molecule has 1 N–H and O–H groups in total. The lowest BCUT2D eigenvalue weighted by atomic mass is 9.97. The van der Waals surface area contributed by atoms with Gasteiger partial charge in [0.05, 0.1) is 0 Å². The summed E-state index contributed by atoms with van der Waals surface area (Å²) in [7, 11) is 0. The summed E-state index contributed by atoms with van der Waals surface area (Å²) < 4.78 is 18.6. The highest BCUT2D eigenvalue weighted by Crippen LogP contribution is 2.28. The molecule has 4 rings (SSSR count). The number of halogens is 1. The number of fused-ring (bicyclic) bond motifs is 1. The maximum absolute atomic E-state index is 13.5. The van der Waals surface area contributed by atoms with Gasteiger partial charge in [-0.05, 0) is 50.1 Å². The first-order valence-corrected chi connectivity index (χ1v) is 8.39. The van der Waals surface area contributed by atoms with Crippen LogP contribution < -0.4 is 0 Å². The molecule has 6 heteroatoms. The van der Waals surface area contributed by atoms with Gasteiger partial charge in [0.1, 0.15) is 5.82 Å².